The smallest absolute Gasteiger partial charge is 0.408 e. The summed E-state index contributed by atoms with van der Waals surface area (Å²) in [6.45, 7) is 7.32. The topological polar surface area (TPSA) is 76.9 Å². The van der Waals surface area contributed by atoms with Crippen molar-refractivity contribution in [3.05, 3.63) is 16.4 Å². The van der Waals surface area contributed by atoms with Crippen LogP contribution >= 0.6 is 0 Å². The van der Waals surface area contributed by atoms with Crippen molar-refractivity contribution in [3.63, 3.8) is 0 Å². The van der Waals surface area contributed by atoms with Crippen molar-refractivity contribution in [2.24, 2.45) is 0 Å². The minimum atomic E-state index is -4.59. The third kappa shape index (κ3) is 4.88. The SMILES string of the molecule is CC1COCCN1c1cc(=O)n2c(n1)N(CC(=O)OC(C)(C)C)[C@H](C(F)(F)F)CC2. The molecular formula is C19H27F3N4O4. The molecular weight excluding hydrogens is 405 g/mol. The standard InChI is InChI=1S/C19H27F3N4O4/c1-12-11-29-8-7-24(12)14-9-15(27)25-6-5-13(19(20,21)22)26(17(25)23-14)10-16(28)30-18(2,3)4/h9,12-13H,5-8,10-11H2,1-4H3/t12?,13-/m0/s1. The highest BCUT2D eigenvalue weighted by Crippen LogP contribution is 2.34. The second-order valence-electron chi connectivity index (χ2n) is 8.58. The van der Waals surface area contributed by atoms with Crippen LogP contribution in [0.25, 0.3) is 0 Å². The van der Waals surface area contributed by atoms with Crippen LogP contribution in [0.1, 0.15) is 34.1 Å². The van der Waals surface area contributed by atoms with Gasteiger partial charge < -0.3 is 19.3 Å². The fourth-order valence-electron chi connectivity index (χ4n) is 3.71. The number of anilines is 2. The van der Waals surface area contributed by atoms with Gasteiger partial charge in [0.2, 0.25) is 5.95 Å². The molecule has 0 spiro atoms. The van der Waals surface area contributed by atoms with Gasteiger partial charge in [0.05, 0.1) is 19.3 Å². The van der Waals surface area contributed by atoms with Gasteiger partial charge in [0, 0.05) is 19.2 Å². The van der Waals surface area contributed by atoms with Crippen LogP contribution in [0, 0.1) is 0 Å². The minimum absolute atomic E-state index is 0.0880. The molecule has 30 heavy (non-hydrogen) atoms. The predicted molar refractivity (Wildman–Crippen MR) is 104 cm³/mol. The molecule has 3 heterocycles. The van der Waals surface area contributed by atoms with Crippen LogP contribution in [0.5, 0.6) is 0 Å². The molecule has 0 aliphatic carbocycles. The molecule has 3 rings (SSSR count). The Labute approximate surface area is 172 Å². The van der Waals surface area contributed by atoms with E-state index in [-0.39, 0.29) is 30.8 Å². The monoisotopic (exact) mass is 432 g/mol. The molecule has 1 unspecified atom stereocenters. The van der Waals surface area contributed by atoms with Gasteiger partial charge in [0.15, 0.2) is 0 Å². The van der Waals surface area contributed by atoms with Crippen LogP contribution in [-0.4, -0.2) is 65.7 Å². The first kappa shape index (κ1) is 22.4. The number of esters is 1. The van der Waals surface area contributed by atoms with E-state index in [1.165, 1.54) is 10.6 Å². The number of morpholine rings is 1. The van der Waals surface area contributed by atoms with Crippen LogP contribution in [0.4, 0.5) is 24.9 Å². The average Bonchev–Trinajstić information content (AvgIpc) is 2.60. The summed E-state index contributed by atoms with van der Waals surface area (Å²) in [6.07, 6.45) is -4.94. The highest BCUT2D eigenvalue weighted by molar-refractivity contribution is 5.76. The second-order valence-corrected chi connectivity index (χ2v) is 8.58. The van der Waals surface area contributed by atoms with E-state index < -0.39 is 35.9 Å². The molecule has 11 heteroatoms. The zero-order chi connectivity index (χ0) is 22.3. The Hall–Kier alpha value is -2.30. The molecule has 1 aromatic heterocycles. The number of halogens is 3. The van der Waals surface area contributed by atoms with Gasteiger partial charge in [-0.1, -0.05) is 0 Å². The number of aromatic nitrogens is 2. The number of hydrogen-bond acceptors (Lipinski definition) is 7. The summed E-state index contributed by atoms with van der Waals surface area (Å²) < 4.78 is 53.1. The lowest BCUT2D eigenvalue weighted by atomic mass is 10.1. The molecule has 168 valence electrons. The predicted octanol–water partition coefficient (Wildman–Crippen LogP) is 1.95. The lowest BCUT2D eigenvalue weighted by molar-refractivity contribution is -0.159. The maximum atomic E-state index is 13.8. The first-order chi connectivity index (χ1) is 13.9. The highest BCUT2D eigenvalue weighted by Gasteiger charge is 2.47. The minimum Gasteiger partial charge on any atom is -0.459 e. The van der Waals surface area contributed by atoms with Crippen molar-refractivity contribution in [1.82, 2.24) is 9.55 Å². The Morgan fingerprint density at radius 2 is 2.00 bits per heavy atom. The second kappa shape index (κ2) is 8.09. The Morgan fingerprint density at radius 3 is 2.60 bits per heavy atom. The lowest BCUT2D eigenvalue weighted by Crippen LogP contribution is -2.55. The van der Waals surface area contributed by atoms with Gasteiger partial charge in [-0.25, -0.2) is 0 Å². The number of alkyl halides is 3. The van der Waals surface area contributed by atoms with Gasteiger partial charge >= 0.3 is 12.1 Å². The van der Waals surface area contributed by atoms with Crippen LogP contribution in [0.2, 0.25) is 0 Å². The van der Waals surface area contributed by atoms with Gasteiger partial charge in [-0.3, -0.25) is 14.2 Å². The van der Waals surface area contributed by atoms with E-state index in [0.29, 0.717) is 19.8 Å². The quantitative estimate of drug-likeness (QED) is 0.676. The Balaban J connectivity index is 2.02. The third-order valence-electron chi connectivity index (χ3n) is 4.99. The Morgan fingerprint density at radius 1 is 1.30 bits per heavy atom. The number of rotatable bonds is 3. The maximum Gasteiger partial charge on any atom is 0.408 e. The average molecular weight is 432 g/mol. The lowest BCUT2D eigenvalue weighted by Gasteiger charge is -2.40. The molecule has 2 aliphatic rings. The maximum absolute atomic E-state index is 13.8. The summed E-state index contributed by atoms with van der Waals surface area (Å²) in [7, 11) is 0. The van der Waals surface area contributed by atoms with Crippen molar-refractivity contribution in [2.45, 2.75) is 64.5 Å². The fourth-order valence-corrected chi connectivity index (χ4v) is 3.71. The summed E-state index contributed by atoms with van der Waals surface area (Å²) >= 11 is 0. The normalized spacial score (nSPS) is 22.6. The summed E-state index contributed by atoms with van der Waals surface area (Å²) in [4.78, 5) is 32.1. The Bertz CT molecular complexity index is 850. The largest absolute Gasteiger partial charge is 0.459 e. The number of fused-ring (bicyclic) bond motifs is 1. The molecule has 0 N–H and O–H groups in total. The van der Waals surface area contributed by atoms with E-state index in [1.807, 2.05) is 11.8 Å². The Kier molecular flexibility index (Phi) is 6.03. The molecule has 0 bridgehead atoms. The third-order valence-corrected chi connectivity index (χ3v) is 4.99. The van der Waals surface area contributed by atoms with Crippen molar-refractivity contribution in [1.29, 1.82) is 0 Å². The molecule has 2 atom stereocenters. The fraction of sp³-hybridized carbons (Fsp3) is 0.737. The summed E-state index contributed by atoms with van der Waals surface area (Å²) in [6, 6.07) is -0.700. The number of carbonyl (C=O) groups is 1. The molecule has 8 nitrogen and oxygen atoms in total. The van der Waals surface area contributed by atoms with Crippen LogP contribution < -0.4 is 15.4 Å². The van der Waals surface area contributed by atoms with E-state index >= 15 is 0 Å². The van der Waals surface area contributed by atoms with Gasteiger partial charge in [0.1, 0.15) is 24.0 Å². The molecule has 0 aromatic carbocycles. The van der Waals surface area contributed by atoms with Gasteiger partial charge in [-0.2, -0.15) is 18.2 Å². The summed E-state index contributed by atoms with van der Waals surface area (Å²) in [5, 5.41) is 0. The van der Waals surface area contributed by atoms with E-state index in [4.69, 9.17) is 9.47 Å². The number of ether oxygens (including phenoxy) is 2. The van der Waals surface area contributed by atoms with E-state index in [9.17, 15) is 22.8 Å². The van der Waals surface area contributed by atoms with Crippen molar-refractivity contribution >= 4 is 17.7 Å². The molecule has 1 saturated heterocycles. The molecule has 1 aromatic rings. The number of nitrogens with zero attached hydrogens (tertiary/aromatic N) is 4. The number of carbonyl (C=O) groups excluding carboxylic acids is 1. The first-order valence-electron chi connectivity index (χ1n) is 9.88. The zero-order valence-corrected chi connectivity index (χ0v) is 17.5. The van der Waals surface area contributed by atoms with Gasteiger partial charge in [-0.15, -0.1) is 0 Å². The first-order valence-corrected chi connectivity index (χ1v) is 9.88. The van der Waals surface area contributed by atoms with Gasteiger partial charge in [0.25, 0.3) is 5.56 Å². The zero-order valence-electron chi connectivity index (χ0n) is 17.5. The summed E-state index contributed by atoms with van der Waals surface area (Å²) in [5.41, 5.74) is -1.30. The van der Waals surface area contributed by atoms with Crippen LogP contribution in [-0.2, 0) is 20.8 Å². The molecule has 0 saturated carbocycles. The van der Waals surface area contributed by atoms with E-state index in [2.05, 4.69) is 4.98 Å². The van der Waals surface area contributed by atoms with Gasteiger partial charge in [-0.05, 0) is 34.1 Å². The van der Waals surface area contributed by atoms with Crippen molar-refractivity contribution in [2.75, 3.05) is 36.1 Å². The van der Waals surface area contributed by atoms with Crippen molar-refractivity contribution < 1.29 is 27.4 Å². The van der Waals surface area contributed by atoms with Crippen LogP contribution in [0.3, 0.4) is 0 Å². The molecule has 0 radical (unpaired) electrons. The summed E-state index contributed by atoms with van der Waals surface area (Å²) in [5.74, 6) is -0.709. The molecule has 2 aliphatic heterocycles. The van der Waals surface area contributed by atoms with Crippen LogP contribution in [0.15, 0.2) is 10.9 Å². The molecule has 1 fully saturated rings. The van der Waals surface area contributed by atoms with E-state index in [0.717, 1.165) is 4.90 Å². The van der Waals surface area contributed by atoms with Crippen molar-refractivity contribution in [3.8, 4) is 0 Å². The highest BCUT2D eigenvalue weighted by atomic mass is 19.4. The van der Waals surface area contributed by atoms with E-state index in [1.54, 1.807) is 20.8 Å². The number of hydrogen-bond donors (Lipinski definition) is 0. The molecule has 0 amide bonds.